The van der Waals surface area contributed by atoms with Crippen LogP contribution in [-0.4, -0.2) is 29.9 Å². The molecule has 0 aliphatic heterocycles. The van der Waals surface area contributed by atoms with Crippen molar-refractivity contribution in [1.82, 2.24) is 9.97 Å². The number of ether oxygens (including phenoxy) is 2. The summed E-state index contributed by atoms with van der Waals surface area (Å²) in [5.41, 5.74) is 1.72. The molecule has 0 atom stereocenters. The smallest absolute Gasteiger partial charge is 0.318 e. The lowest BCUT2D eigenvalue weighted by Crippen LogP contribution is -2.08. The van der Waals surface area contributed by atoms with Crippen molar-refractivity contribution in [1.29, 1.82) is 5.41 Å². The third-order valence-corrected chi connectivity index (χ3v) is 3.30. The average molecular weight is 314 g/mol. The quantitative estimate of drug-likeness (QED) is 0.548. The molecule has 6 nitrogen and oxygen atoms in total. The number of nitrogens with one attached hydrogen (secondary N) is 2. The van der Waals surface area contributed by atoms with E-state index in [2.05, 4.69) is 22.2 Å². The molecule has 0 amide bonds. The molecule has 1 aromatic heterocycles. The summed E-state index contributed by atoms with van der Waals surface area (Å²) < 4.78 is 10.7. The Bertz CT molecular complexity index is 629. The van der Waals surface area contributed by atoms with Crippen LogP contribution in [0.5, 0.6) is 11.8 Å². The van der Waals surface area contributed by atoms with E-state index in [1.54, 1.807) is 13.3 Å². The summed E-state index contributed by atoms with van der Waals surface area (Å²) in [6, 6.07) is 8.12. The molecule has 0 unspecified atom stereocenters. The van der Waals surface area contributed by atoms with Crippen LogP contribution in [-0.2, 0) is 6.54 Å². The molecule has 2 N–H and O–H groups in total. The number of hydrogen-bond acceptors (Lipinski definition) is 6. The summed E-state index contributed by atoms with van der Waals surface area (Å²) in [5.74, 6) is 1.42. The Morgan fingerprint density at radius 2 is 2.04 bits per heavy atom. The van der Waals surface area contributed by atoms with Gasteiger partial charge in [0.25, 0.3) is 0 Å². The summed E-state index contributed by atoms with van der Waals surface area (Å²) in [4.78, 5) is 8.46. The van der Waals surface area contributed by atoms with Gasteiger partial charge in [-0.05, 0) is 24.1 Å². The Kier molecular flexibility index (Phi) is 6.35. The number of aromatic nitrogens is 2. The van der Waals surface area contributed by atoms with Gasteiger partial charge in [-0.3, -0.25) is 0 Å². The lowest BCUT2D eigenvalue weighted by Gasteiger charge is -2.10. The summed E-state index contributed by atoms with van der Waals surface area (Å²) in [7, 11) is 1.64. The van der Waals surface area contributed by atoms with Crippen molar-refractivity contribution in [2.75, 3.05) is 19.0 Å². The third kappa shape index (κ3) is 4.95. The van der Waals surface area contributed by atoms with E-state index >= 15 is 0 Å². The van der Waals surface area contributed by atoms with Gasteiger partial charge in [0.05, 0.1) is 19.3 Å². The zero-order valence-electron chi connectivity index (χ0n) is 13.5. The maximum atomic E-state index is 7.46. The molecule has 0 bridgehead atoms. The fourth-order valence-electron chi connectivity index (χ4n) is 1.93. The Labute approximate surface area is 136 Å². The molecule has 0 saturated heterocycles. The predicted octanol–water partition coefficient (Wildman–Crippen LogP) is 3.27. The van der Waals surface area contributed by atoms with Gasteiger partial charge in [0.1, 0.15) is 11.6 Å². The molecule has 0 spiro atoms. The molecule has 0 saturated carbocycles. The summed E-state index contributed by atoms with van der Waals surface area (Å²) in [6.07, 6.45) is 4.84. The van der Waals surface area contributed by atoms with E-state index in [4.69, 9.17) is 14.9 Å². The Morgan fingerprint density at radius 1 is 1.26 bits per heavy atom. The Balaban J connectivity index is 2.03. The SMILES string of the molecule is CCCCOc1ncc(C=N)c(NCc2ccc(OC)cc2)n1. The van der Waals surface area contributed by atoms with Gasteiger partial charge in [0.2, 0.25) is 0 Å². The number of methoxy groups -OCH3 is 1. The van der Waals surface area contributed by atoms with Crippen LogP contribution in [0.1, 0.15) is 30.9 Å². The first-order valence-corrected chi connectivity index (χ1v) is 7.64. The van der Waals surface area contributed by atoms with Crippen molar-refractivity contribution >= 4 is 12.0 Å². The second kappa shape index (κ2) is 8.73. The van der Waals surface area contributed by atoms with Gasteiger partial charge in [-0.25, -0.2) is 4.98 Å². The number of hydrogen-bond donors (Lipinski definition) is 2. The zero-order chi connectivity index (χ0) is 16.5. The van der Waals surface area contributed by atoms with E-state index in [0.29, 0.717) is 30.5 Å². The summed E-state index contributed by atoms with van der Waals surface area (Å²) in [6.45, 7) is 3.29. The molecule has 1 aromatic carbocycles. The topological polar surface area (TPSA) is 80.1 Å². The van der Waals surface area contributed by atoms with Crippen molar-refractivity contribution < 1.29 is 9.47 Å². The molecule has 0 fully saturated rings. The highest BCUT2D eigenvalue weighted by molar-refractivity contribution is 5.83. The first kappa shape index (κ1) is 16.7. The van der Waals surface area contributed by atoms with Crippen molar-refractivity contribution in [3.05, 3.63) is 41.6 Å². The molecule has 0 aliphatic carbocycles. The minimum Gasteiger partial charge on any atom is -0.497 e. The Morgan fingerprint density at radius 3 is 2.70 bits per heavy atom. The lowest BCUT2D eigenvalue weighted by atomic mass is 10.2. The summed E-state index contributed by atoms with van der Waals surface area (Å²) in [5, 5.41) is 10.7. The van der Waals surface area contributed by atoms with E-state index < -0.39 is 0 Å². The van der Waals surface area contributed by atoms with Crippen molar-refractivity contribution in [3.8, 4) is 11.8 Å². The number of anilines is 1. The fraction of sp³-hybridized carbons (Fsp3) is 0.353. The van der Waals surface area contributed by atoms with E-state index in [1.807, 2.05) is 24.3 Å². The van der Waals surface area contributed by atoms with E-state index in [1.165, 1.54) is 6.21 Å². The van der Waals surface area contributed by atoms with Crippen LogP contribution in [0.15, 0.2) is 30.5 Å². The van der Waals surface area contributed by atoms with Gasteiger partial charge < -0.3 is 20.2 Å². The number of nitrogens with zero attached hydrogens (tertiary/aromatic N) is 2. The van der Waals surface area contributed by atoms with E-state index in [-0.39, 0.29) is 0 Å². The van der Waals surface area contributed by atoms with Crippen LogP contribution < -0.4 is 14.8 Å². The molecular weight excluding hydrogens is 292 g/mol. The lowest BCUT2D eigenvalue weighted by molar-refractivity contribution is 0.285. The highest BCUT2D eigenvalue weighted by Crippen LogP contribution is 2.16. The maximum Gasteiger partial charge on any atom is 0.318 e. The second-order valence-corrected chi connectivity index (χ2v) is 5.00. The van der Waals surface area contributed by atoms with Crippen molar-refractivity contribution in [3.63, 3.8) is 0 Å². The summed E-state index contributed by atoms with van der Waals surface area (Å²) >= 11 is 0. The minimum atomic E-state index is 0.335. The van der Waals surface area contributed by atoms with Crippen LogP contribution in [0.4, 0.5) is 5.82 Å². The standard InChI is InChI=1S/C17H22N4O2/c1-3-4-9-23-17-20-12-14(10-18)16(21-17)19-11-13-5-7-15(22-2)8-6-13/h5-8,10,12,18H,3-4,9,11H2,1-2H3,(H,19,20,21). The highest BCUT2D eigenvalue weighted by atomic mass is 16.5. The van der Waals surface area contributed by atoms with Crippen molar-refractivity contribution in [2.45, 2.75) is 26.3 Å². The average Bonchev–Trinajstić information content (AvgIpc) is 2.60. The van der Waals surface area contributed by atoms with Crippen LogP contribution in [0, 0.1) is 5.41 Å². The first-order valence-electron chi connectivity index (χ1n) is 7.64. The largest absolute Gasteiger partial charge is 0.497 e. The van der Waals surface area contributed by atoms with Gasteiger partial charge in [0, 0.05) is 19.0 Å². The number of rotatable bonds is 9. The number of benzene rings is 1. The van der Waals surface area contributed by atoms with Gasteiger partial charge in [-0.1, -0.05) is 25.5 Å². The zero-order valence-corrected chi connectivity index (χ0v) is 13.5. The molecular formula is C17H22N4O2. The van der Waals surface area contributed by atoms with Gasteiger partial charge >= 0.3 is 6.01 Å². The molecule has 2 aromatic rings. The Hall–Kier alpha value is -2.63. The predicted molar refractivity (Wildman–Crippen MR) is 90.6 cm³/mol. The van der Waals surface area contributed by atoms with E-state index in [9.17, 15) is 0 Å². The molecule has 122 valence electrons. The van der Waals surface area contributed by atoms with Crippen LogP contribution in [0.25, 0.3) is 0 Å². The highest BCUT2D eigenvalue weighted by Gasteiger charge is 2.06. The normalized spacial score (nSPS) is 10.2. The molecule has 0 radical (unpaired) electrons. The monoisotopic (exact) mass is 314 g/mol. The molecule has 6 heteroatoms. The molecule has 23 heavy (non-hydrogen) atoms. The fourth-order valence-corrected chi connectivity index (χ4v) is 1.93. The molecule has 0 aliphatic rings. The van der Waals surface area contributed by atoms with Gasteiger partial charge in [0.15, 0.2) is 0 Å². The molecule has 2 rings (SSSR count). The third-order valence-electron chi connectivity index (χ3n) is 3.30. The van der Waals surface area contributed by atoms with Crippen LogP contribution in [0.3, 0.4) is 0 Å². The first-order chi connectivity index (χ1) is 11.3. The number of unbranched alkanes of at least 4 members (excludes halogenated alkanes) is 1. The second-order valence-electron chi connectivity index (χ2n) is 5.00. The molecule has 1 heterocycles. The van der Waals surface area contributed by atoms with Crippen LogP contribution >= 0.6 is 0 Å². The minimum absolute atomic E-state index is 0.335. The van der Waals surface area contributed by atoms with Gasteiger partial charge in [-0.2, -0.15) is 4.98 Å². The van der Waals surface area contributed by atoms with E-state index in [0.717, 1.165) is 24.2 Å². The van der Waals surface area contributed by atoms with Crippen LogP contribution in [0.2, 0.25) is 0 Å². The van der Waals surface area contributed by atoms with Crippen molar-refractivity contribution in [2.24, 2.45) is 0 Å². The van der Waals surface area contributed by atoms with Gasteiger partial charge in [-0.15, -0.1) is 0 Å². The maximum absolute atomic E-state index is 7.46.